The second-order valence-electron chi connectivity index (χ2n) is 3.21. The van der Waals surface area contributed by atoms with Gasteiger partial charge in [-0.3, -0.25) is 15.1 Å². The summed E-state index contributed by atoms with van der Waals surface area (Å²) in [6, 6.07) is 1.36. The molecule has 90 valence electrons. The number of nitrogens with zero attached hydrogens (tertiary/aromatic N) is 2. The topological polar surface area (TPSA) is 82.3 Å². The van der Waals surface area contributed by atoms with Gasteiger partial charge in [0.2, 0.25) is 0 Å². The lowest BCUT2D eigenvalue weighted by Crippen LogP contribution is -1.99. The van der Waals surface area contributed by atoms with Gasteiger partial charge in [-0.1, -0.05) is 0 Å². The number of nitro groups is 1. The normalized spacial score (nSPS) is 10.5. The van der Waals surface area contributed by atoms with Crippen molar-refractivity contribution in [1.29, 1.82) is 0 Å². The Kier molecular flexibility index (Phi) is 4.33. The number of pyridine rings is 1. The van der Waals surface area contributed by atoms with E-state index < -0.39 is 10.9 Å². The molecule has 1 aromatic heterocycles. The van der Waals surface area contributed by atoms with Gasteiger partial charge in [0.25, 0.3) is 5.69 Å². The van der Waals surface area contributed by atoms with E-state index in [4.69, 9.17) is 4.74 Å². The van der Waals surface area contributed by atoms with Crippen molar-refractivity contribution < 1.29 is 14.5 Å². The fourth-order valence-electron chi connectivity index (χ4n) is 1.16. The van der Waals surface area contributed by atoms with E-state index in [1.165, 1.54) is 24.4 Å². The van der Waals surface area contributed by atoms with Crippen LogP contribution in [0.4, 0.5) is 5.69 Å². The lowest BCUT2D eigenvalue weighted by Gasteiger charge is -1.99. The van der Waals surface area contributed by atoms with Crippen LogP contribution in [0.25, 0.3) is 6.08 Å². The van der Waals surface area contributed by atoms with Crippen molar-refractivity contribution in [2.75, 3.05) is 6.61 Å². The van der Waals surface area contributed by atoms with Gasteiger partial charge in [-0.15, -0.1) is 0 Å². The highest BCUT2D eigenvalue weighted by atomic mass is 16.6. The maximum Gasteiger partial charge on any atom is 0.330 e. The number of aryl methyl sites for hydroxylation is 1. The predicted molar refractivity (Wildman–Crippen MR) is 61.3 cm³/mol. The lowest BCUT2D eigenvalue weighted by atomic mass is 10.2. The highest BCUT2D eigenvalue weighted by Crippen LogP contribution is 2.15. The molecule has 1 rings (SSSR count). The summed E-state index contributed by atoms with van der Waals surface area (Å²) in [6.45, 7) is 3.69. The molecule has 1 heterocycles. The molecule has 0 unspecified atom stereocenters. The number of hydrogen-bond donors (Lipinski definition) is 0. The molecule has 0 spiro atoms. The van der Waals surface area contributed by atoms with E-state index in [1.54, 1.807) is 13.8 Å². The van der Waals surface area contributed by atoms with E-state index in [9.17, 15) is 14.9 Å². The second-order valence-corrected chi connectivity index (χ2v) is 3.21. The maximum absolute atomic E-state index is 11.1. The molecular formula is C11H12N2O4. The second kappa shape index (κ2) is 5.74. The van der Waals surface area contributed by atoms with Gasteiger partial charge in [0, 0.05) is 23.4 Å². The number of rotatable bonds is 4. The summed E-state index contributed by atoms with van der Waals surface area (Å²) in [7, 11) is 0. The Morgan fingerprint density at radius 2 is 2.35 bits per heavy atom. The Balaban J connectivity index is 2.93. The van der Waals surface area contributed by atoms with Crippen molar-refractivity contribution >= 4 is 17.7 Å². The van der Waals surface area contributed by atoms with Gasteiger partial charge in [0.1, 0.15) is 6.20 Å². The van der Waals surface area contributed by atoms with Crippen LogP contribution in [-0.4, -0.2) is 22.5 Å². The summed E-state index contributed by atoms with van der Waals surface area (Å²) in [5, 5.41) is 10.6. The van der Waals surface area contributed by atoms with Gasteiger partial charge in [0.15, 0.2) is 0 Å². The van der Waals surface area contributed by atoms with E-state index in [0.29, 0.717) is 11.3 Å². The molecule has 6 heteroatoms. The van der Waals surface area contributed by atoms with Crippen LogP contribution in [0.2, 0.25) is 0 Å². The van der Waals surface area contributed by atoms with Crippen LogP contribution in [0.5, 0.6) is 0 Å². The first kappa shape index (κ1) is 12.8. The Morgan fingerprint density at radius 1 is 1.65 bits per heavy atom. The molecule has 0 atom stereocenters. The maximum atomic E-state index is 11.1. The summed E-state index contributed by atoms with van der Waals surface area (Å²) in [5.41, 5.74) is 1.02. The van der Waals surface area contributed by atoms with Crippen LogP contribution in [0.15, 0.2) is 18.3 Å². The van der Waals surface area contributed by atoms with Gasteiger partial charge < -0.3 is 4.74 Å². The first-order valence-electron chi connectivity index (χ1n) is 5.00. The zero-order valence-corrected chi connectivity index (χ0v) is 9.54. The summed E-state index contributed by atoms with van der Waals surface area (Å²) < 4.78 is 4.70. The number of hydrogen-bond acceptors (Lipinski definition) is 5. The largest absolute Gasteiger partial charge is 0.463 e. The molecule has 0 N–H and O–H groups in total. The predicted octanol–water partition coefficient (Wildman–Crippen LogP) is 1.87. The van der Waals surface area contributed by atoms with E-state index in [-0.39, 0.29) is 12.3 Å². The minimum absolute atomic E-state index is 0.112. The van der Waals surface area contributed by atoms with Crippen molar-refractivity contribution in [2.24, 2.45) is 0 Å². The quantitative estimate of drug-likeness (QED) is 0.345. The third-order valence-electron chi connectivity index (χ3n) is 2.01. The summed E-state index contributed by atoms with van der Waals surface area (Å²) >= 11 is 0. The van der Waals surface area contributed by atoms with Crippen LogP contribution in [-0.2, 0) is 9.53 Å². The monoisotopic (exact) mass is 236 g/mol. The molecule has 17 heavy (non-hydrogen) atoms. The Labute approximate surface area is 98.1 Å². The lowest BCUT2D eigenvalue weighted by molar-refractivity contribution is -0.385. The SMILES string of the molecule is CCOC(=O)C=Cc1cc([N+](=O)[O-])cnc1C. The Bertz CT molecular complexity index is 469. The highest BCUT2D eigenvalue weighted by Gasteiger charge is 2.08. The molecule has 6 nitrogen and oxygen atoms in total. The van der Waals surface area contributed by atoms with Gasteiger partial charge in [0.05, 0.1) is 11.5 Å². The zero-order valence-electron chi connectivity index (χ0n) is 9.54. The Morgan fingerprint density at radius 3 is 2.94 bits per heavy atom. The molecule has 0 fully saturated rings. The molecule has 0 aliphatic heterocycles. The number of esters is 1. The van der Waals surface area contributed by atoms with Crippen molar-refractivity contribution in [3.63, 3.8) is 0 Å². The van der Waals surface area contributed by atoms with E-state index >= 15 is 0 Å². The van der Waals surface area contributed by atoms with Crippen molar-refractivity contribution in [1.82, 2.24) is 4.98 Å². The molecule has 0 aliphatic carbocycles. The van der Waals surface area contributed by atoms with Crippen LogP contribution in [0.1, 0.15) is 18.2 Å². The van der Waals surface area contributed by atoms with Crippen LogP contribution in [0, 0.1) is 17.0 Å². The number of carbonyl (C=O) groups is 1. The van der Waals surface area contributed by atoms with Crippen LogP contribution in [0.3, 0.4) is 0 Å². The van der Waals surface area contributed by atoms with Crippen LogP contribution < -0.4 is 0 Å². The molecule has 0 radical (unpaired) electrons. The molecule has 1 aromatic rings. The molecule has 0 aromatic carbocycles. The highest BCUT2D eigenvalue weighted by molar-refractivity contribution is 5.87. The molecular weight excluding hydrogens is 224 g/mol. The summed E-state index contributed by atoms with van der Waals surface area (Å²) in [4.78, 5) is 25.0. The van der Waals surface area contributed by atoms with Gasteiger partial charge in [-0.05, 0) is 19.9 Å². The third kappa shape index (κ3) is 3.67. The molecule has 0 saturated carbocycles. The standard InChI is InChI=1S/C11H12N2O4/c1-3-17-11(14)5-4-9-6-10(13(15)16)7-12-8(9)2/h4-7H,3H2,1-2H3. The van der Waals surface area contributed by atoms with E-state index in [2.05, 4.69) is 4.98 Å². The fourth-order valence-corrected chi connectivity index (χ4v) is 1.16. The first-order valence-corrected chi connectivity index (χ1v) is 5.00. The average Bonchev–Trinajstić information content (AvgIpc) is 2.28. The van der Waals surface area contributed by atoms with Crippen LogP contribution >= 0.6 is 0 Å². The van der Waals surface area contributed by atoms with Crippen molar-refractivity contribution in [3.8, 4) is 0 Å². The van der Waals surface area contributed by atoms with E-state index in [0.717, 1.165) is 0 Å². The molecule has 0 aliphatic rings. The molecule has 0 saturated heterocycles. The van der Waals surface area contributed by atoms with Crippen molar-refractivity contribution in [3.05, 3.63) is 39.7 Å². The average molecular weight is 236 g/mol. The number of aromatic nitrogens is 1. The van der Waals surface area contributed by atoms with Gasteiger partial charge in [-0.2, -0.15) is 0 Å². The fraction of sp³-hybridized carbons (Fsp3) is 0.273. The van der Waals surface area contributed by atoms with E-state index in [1.807, 2.05) is 0 Å². The van der Waals surface area contributed by atoms with Gasteiger partial charge >= 0.3 is 5.97 Å². The minimum atomic E-state index is -0.534. The Hall–Kier alpha value is -2.24. The summed E-state index contributed by atoms with van der Waals surface area (Å²) in [6.07, 6.45) is 3.85. The summed E-state index contributed by atoms with van der Waals surface area (Å²) in [5.74, 6) is -0.488. The zero-order chi connectivity index (χ0) is 12.8. The number of ether oxygens (including phenoxy) is 1. The van der Waals surface area contributed by atoms with Gasteiger partial charge in [-0.25, -0.2) is 4.79 Å². The minimum Gasteiger partial charge on any atom is -0.463 e. The first-order chi connectivity index (χ1) is 8.04. The molecule has 0 bridgehead atoms. The van der Waals surface area contributed by atoms with Crippen molar-refractivity contribution in [2.45, 2.75) is 13.8 Å². The molecule has 0 amide bonds. The smallest absolute Gasteiger partial charge is 0.330 e. The third-order valence-corrected chi connectivity index (χ3v) is 2.01. The number of carbonyl (C=O) groups excluding carboxylic acids is 1.